The maximum Gasteiger partial charge on any atom is 0.327 e. The number of piperidine rings is 2. The smallest absolute Gasteiger partial charge is 0.327 e. The molecule has 2 aromatic rings. The Balaban J connectivity index is 1.71. The van der Waals surface area contributed by atoms with Crippen LogP contribution in [0.2, 0.25) is 0 Å². The van der Waals surface area contributed by atoms with Gasteiger partial charge in [-0.05, 0) is 37.8 Å². The molecule has 9 heteroatoms. The molecular formula is C18H25N4O4P. The second-order valence-electron chi connectivity index (χ2n) is 7.56. The first-order valence-corrected chi connectivity index (χ1v) is 11.3. The van der Waals surface area contributed by atoms with E-state index in [4.69, 9.17) is 9.79 Å². The molecule has 2 aliphatic rings. The Hall–Kier alpha value is -1.73. The van der Waals surface area contributed by atoms with Gasteiger partial charge in [-0.2, -0.15) is 0 Å². The maximum atomic E-state index is 13.2. The molecule has 0 amide bonds. The molecule has 2 atom stereocenters. The van der Waals surface area contributed by atoms with Gasteiger partial charge in [0.2, 0.25) is 0 Å². The molecule has 0 saturated carbocycles. The average Bonchev–Trinajstić information content (AvgIpc) is 2.61. The fourth-order valence-electron chi connectivity index (χ4n) is 4.40. The van der Waals surface area contributed by atoms with Gasteiger partial charge in [0.25, 0.3) is 5.56 Å². The van der Waals surface area contributed by atoms with Gasteiger partial charge >= 0.3 is 7.60 Å². The molecule has 0 radical (unpaired) electrons. The number of anilines is 1. The van der Waals surface area contributed by atoms with Gasteiger partial charge in [0, 0.05) is 24.7 Å². The van der Waals surface area contributed by atoms with Gasteiger partial charge in [-0.3, -0.25) is 9.36 Å². The van der Waals surface area contributed by atoms with Crippen molar-refractivity contribution in [2.45, 2.75) is 50.2 Å². The number of hydrogen-bond donors (Lipinski definition) is 4. The van der Waals surface area contributed by atoms with E-state index in [1.54, 1.807) is 0 Å². The Morgan fingerprint density at radius 1 is 1.22 bits per heavy atom. The van der Waals surface area contributed by atoms with Crippen LogP contribution < -0.4 is 16.2 Å². The highest BCUT2D eigenvalue weighted by atomic mass is 31.2. The largest absolute Gasteiger partial charge is 0.365 e. The molecule has 0 aliphatic carbocycles. The van der Waals surface area contributed by atoms with Gasteiger partial charge in [-0.1, -0.05) is 18.6 Å². The highest BCUT2D eigenvalue weighted by Crippen LogP contribution is 2.34. The lowest BCUT2D eigenvalue weighted by atomic mass is 9.84. The lowest BCUT2D eigenvalue weighted by molar-refractivity contribution is 0.189. The summed E-state index contributed by atoms with van der Waals surface area (Å²) in [6, 6.07) is 8.54. The van der Waals surface area contributed by atoms with Gasteiger partial charge in [-0.15, -0.1) is 0 Å². The van der Waals surface area contributed by atoms with Crippen LogP contribution in [0.15, 0.2) is 29.1 Å². The minimum absolute atomic E-state index is 0.00231. The van der Waals surface area contributed by atoms with Gasteiger partial charge in [0.1, 0.15) is 0 Å². The third-order valence-electron chi connectivity index (χ3n) is 5.55. The first kappa shape index (κ1) is 18.6. The maximum absolute atomic E-state index is 13.2. The molecule has 2 aliphatic heterocycles. The molecule has 27 heavy (non-hydrogen) atoms. The van der Waals surface area contributed by atoms with Crippen LogP contribution in [-0.2, 0) is 4.57 Å². The Kier molecular flexibility index (Phi) is 5.07. The Morgan fingerprint density at radius 2 is 1.93 bits per heavy atom. The highest BCUT2D eigenvalue weighted by Gasteiger charge is 2.33. The summed E-state index contributed by atoms with van der Waals surface area (Å²) in [5.74, 6) is 0.158. The molecule has 2 bridgehead atoms. The summed E-state index contributed by atoms with van der Waals surface area (Å²) in [6.07, 6.45) is 4.99. The van der Waals surface area contributed by atoms with Crippen LogP contribution in [0.1, 0.15) is 38.1 Å². The van der Waals surface area contributed by atoms with Crippen molar-refractivity contribution in [2.75, 3.05) is 18.0 Å². The van der Waals surface area contributed by atoms with E-state index in [1.165, 1.54) is 6.42 Å². The first-order valence-electron chi connectivity index (χ1n) is 9.46. The predicted octanol–water partition coefficient (Wildman–Crippen LogP) is 1.83. The number of nitrogens with one attached hydrogen (secondary N) is 2. The van der Waals surface area contributed by atoms with Crippen LogP contribution in [0.25, 0.3) is 11.0 Å². The van der Waals surface area contributed by atoms with Crippen molar-refractivity contribution in [1.29, 1.82) is 0 Å². The van der Waals surface area contributed by atoms with Crippen molar-refractivity contribution in [2.24, 2.45) is 0 Å². The van der Waals surface area contributed by atoms with Gasteiger partial charge in [0.15, 0.2) is 5.82 Å². The van der Waals surface area contributed by atoms with E-state index in [0.717, 1.165) is 31.2 Å². The molecule has 1 aromatic carbocycles. The fourth-order valence-corrected chi connectivity index (χ4v) is 4.80. The number of rotatable bonds is 5. The van der Waals surface area contributed by atoms with Crippen molar-refractivity contribution in [3.63, 3.8) is 0 Å². The van der Waals surface area contributed by atoms with Gasteiger partial charge in [0.05, 0.1) is 17.2 Å². The number of para-hydroxylation sites is 2. The number of hydrogen-bond acceptors (Lipinski definition) is 5. The third kappa shape index (κ3) is 4.09. The SMILES string of the molecule is O=c1c(NCCP(=O)(O)O)nc2ccccc2n1C1CC2CCCC(C1)N2. The lowest BCUT2D eigenvalue weighted by Gasteiger charge is -2.41. The van der Waals surface area contributed by atoms with E-state index in [-0.39, 0.29) is 30.1 Å². The summed E-state index contributed by atoms with van der Waals surface area (Å²) in [4.78, 5) is 35.7. The van der Waals surface area contributed by atoms with E-state index in [2.05, 4.69) is 15.6 Å². The van der Waals surface area contributed by atoms with Crippen LogP contribution >= 0.6 is 7.60 Å². The second-order valence-corrected chi connectivity index (χ2v) is 9.33. The lowest BCUT2D eigenvalue weighted by Crippen LogP contribution is -2.50. The van der Waals surface area contributed by atoms with Crippen LogP contribution in [0, 0.1) is 0 Å². The molecular weight excluding hydrogens is 367 g/mol. The molecule has 2 saturated heterocycles. The highest BCUT2D eigenvalue weighted by molar-refractivity contribution is 7.51. The van der Waals surface area contributed by atoms with Gasteiger partial charge in [-0.25, -0.2) is 4.98 Å². The van der Waals surface area contributed by atoms with E-state index in [9.17, 15) is 9.36 Å². The quantitative estimate of drug-likeness (QED) is 0.574. The normalized spacial score (nSPS) is 25.5. The summed E-state index contributed by atoms with van der Waals surface area (Å²) >= 11 is 0. The zero-order valence-corrected chi connectivity index (χ0v) is 15.9. The second kappa shape index (κ2) is 7.36. The number of fused-ring (bicyclic) bond motifs is 3. The van der Waals surface area contributed by atoms with Crippen LogP contribution in [-0.4, -0.2) is 44.1 Å². The Bertz CT molecular complexity index is 929. The zero-order chi connectivity index (χ0) is 19.0. The minimum atomic E-state index is -4.12. The van der Waals surface area contributed by atoms with Crippen LogP contribution in [0.5, 0.6) is 0 Å². The molecule has 8 nitrogen and oxygen atoms in total. The van der Waals surface area contributed by atoms with E-state index < -0.39 is 7.60 Å². The van der Waals surface area contributed by atoms with Crippen molar-refractivity contribution in [3.05, 3.63) is 34.6 Å². The third-order valence-corrected chi connectivity index (χ3v) is 6.35. The van der Waals surface area contributed by atoms with Crippen LogP contribution in [0.3, 0.4) is 0 Å². The molecule has 4 N–H and O–H groups in total. The zero-order valence-electron chi connectivity index (χ0n) is 15.0. The van der Waals surface area contributed by atoms with E-state index in [1.807, 2.05) is 28.8 Å². The number of nitrogens with zero attached hydrogens (tertiary/aromatic N) is 2. The molecule has 146 valence electrons. The summed E-state index contributed by atoms with van der Waals surface area (Å²) in [5, 5.41) is 6.49. The molecule has 3 heterocycles. The van der Waals surface area contributed by atoms with Gasteiger partial charge < -0.3 is 25.0 Å². The summed E-state index contributed by atoms with van der Waals surface area (Å²) in [7, 11) is -4.12. The molecule has 0 spiro atoms. The monoisotopic (exact) mass is 392 g/mol. The molecule has 4 rings (SSSR count). The van der Waals surface area contributed by atoms with E-state index in [0.29, 0.717) is 17.6 Å². The molecule has 2 unspecified atom stereocenters. The van der Waals surface area contributed by atoms with Crippen molar-refractivity contribution in [3.8, 4) is 0 Å². The topological polar surface area (TPSA) is 116 Å². The van der Waals surface area contributed by atoms with Crippen molar-refractivity contribution < 1.29 is 14.4 Å². The summed E-state index contributed by atoms with van der Waals surface area (Å²) in [5.41, 5.74) is 1.30. The fraction of sp³-hybridized carbons (Fsp3) is 0.556. The summed E-state index contributed by atoms with van der Waals surface area (Å²) in [6.45, 7) is 0.00231. The summed E-state index contributed by atoms with van der Waals surface area (Å²) < 4.78 is 12.9. The average molecular weight is 392 g/mol. The first-order chi connectivity index (χ1) is 12.9. The molecule has 2 fully saturated rings. The number of benzene rings is 1. The number of aromatic nitrogens is 2. The Labute approximate surface area is 157 Å². The van der Waals surface area contributed by atoms with Crippen molar-refractivity contribution in [1.82, 2.24) is 14.9 Å². The standard InChI is InChI=1S/C18H25N4O4P/c23-18-17(19-8-9-27(24,25)26)21-15-6-1-2-7-16(15)22(18)14-10-12-4-3-5-13(11-14)20-12/h1-2,6-7,12-14,20H,3-5,8-11H2,(H,19,21)(H2,24,25,26). The molecule has 1 aromatic heterocycles. The minimum Gasteiger partial charge on any atom is -0.365 e. The van der Waals surface area contributed by atoms with Crippen molar-refractivity contribution >= 4 is 24.4 Å². The van der Waals surface area contributed by atoms with Crippen LogP contribution in [0.4, 0.5) is 5.82 Å². The van der Waals surface area contributed by atoms with E-state index >= 15 is 0 Å². The Morgan fingerprint density at radius 3 is 2.63 bits per heavy atom. The predicted molar refractivity (Wildman–Crippen MR) is 104 cm³/mol.